The van der Waals surface area contributed by atoms with Gasteiger partial charge in [0.15, 0.2) is 0 Å². The van der Waals surface area contributed by atoms with E-state index in [0.717, 1.165) is 24.2 Å². The predicted molar refractivity (Wildman–Crippen MR) is 67.5 cm³/mol. The Bertz CT molecular complexity index is 509. The minimum absolute atomic E-state index is 0.116. The fourth-order valence-electron chi connectivity index (χ4n) is 1.85. The van der Waals surface area contributed by atoms with E-state index in [-0.39, 0.29) is 11.9 Å². The normalized spacial score (nSPS) is 12.6. The highest BCUT2D eigenvalue weighted by Gasteiger charge is 2.16. The van der Waals surface area contributed by atoms with Crippen LogP contribution in [0.2, 0.25) is 0 Å². The van der Waals surface area contributed by atoms with Crippen molar-refractivity contribution in [2.24, 2.45) is 7.05 Å². The molecule has 0 aliphatic heterocycles. The highest BCUT2D eigenvalue weighted by molar-refractivity contribution is 5.24. The van der Waals surface area contributed by atoms with Crippen molar-refractivity contribution in [3.63, 3.8) is 0 Å². The van der Waals surface area contributed by atoms with Crippen molar-refractivity contribution in [1.82, 2.24) is 19.9 Å². The molecule has 1 atom stereocenters. The number of hydrogen-bond donors (Lipinski definition) is 1. The molecule has 0 saturated heterocycles. The van der Waals surface area contributed by atoms with Gasteiger partial charge in [0, 0.05) is 19.4 Å². The molecule has 1 unspecified atom stereocenters. The van der Waals surface area contributed by atoms with Gasteiger partial charge in [-0.1, -0.05) is 6.92 Å². The molecular weight excluding hydrogens is 231 g/mol. The molecule has 2 aromatic heterocycles. The Hall–Kier alpha value is -1.75. The Morgan fingerprint density at radius 2 is 2.28 bits per heavy atom. The van der Waals surface area contributed by atoms with Crippen molar-refractivity contribution in [2.75, 3.05) is 6.54 Å². The van der Waals surface area contributed by atoms with Crippen molar-refractivity contribution in [1.29, 1.82) is 0 Å². The maximum absolute atomic E-state index is 13.3. The summed E-state index contributed by atoms with van der Waals surface area (Å²) in [6.45, 7) is 2.93. The van der Waals surface area contributed by atoms with Gasteiger partial charge in [0.2, 0.25) is 0 Å². The molecule has 0 fully saturated rings. The molecule has 4 nitrogen and oxygen atoms in total. The van der Waals surface area contributed by atoms with E-state index in [0.29, 0.717) is 0 Å². The van der Waals surface area contributed by atoms with Crippen LogP contribution in [0, 0.1) is 5.82 Å². The van der Waals surface area contributed by atoms with Crippen LogP contribution in [0.3, 0.4) is 0 Å². The van der Waals surface area contributed by atoms with E-state index in [2.05, 4.69) is 22.2 Å². The summed E-state index contributed by atoms with van der Waals surface area (Å²) in [5.41, 5.74) is 1.67. The monoisotopic (exact) mass is 248 g/mol. The third-order valence-electron chi connectivity index (χ3n) is 2.68. The Morgan fingerprint density at radius 3 is 2.89 bits per heavy atom. The number of pyridine rings is 1. The quantitative estimate of drug-likeness (QED) is 0.880. The lowest BCUT2D eigenvalue weighted by Crippen LogP contribution is -2.23. The number of nitrogens with zero attached hydrogens (tertiary/aromatic N) is 3. The van der Waals surface area contributed by atoms with Gasteiger partial charge in [-0.15, -0.1) is 0 Å². The first-order valence-electron chi connectivity index (χ1n) is 6.02. The molecule has 0 aliphatic rings. The maximum atomic E-state index is 13.3. The van der Waals surface area contributed by atoms with Crippen molar-refractivity contribution in [3.8, 4) is 0 Å². The van der Waals surface area contributed by atoms with Gasteiger partial charge in [0.25, 0.3) is 0 Å². The second kappa shape index (κ2) is 5.73. The van der Waals surface area contributed by atoms with Gasteiger partial charge in [-0.2, -0.15) is 0 Å². The number of rotatable bonds is 5. The maximum Gasteiger partial charge on any atom is 0.141 e. The average Bonchev–Trinajstić information content (AvgIpc) is 2.76. The molecule has 0 amide bonds. The highest BCUT2D eigenvalue weighted by atomic mass is 19.1. The number of aryl methyl sites for hydroxylation is 1. The molecule has 0 radical (unpaired) electrons. The van der Waals surface area contributed by atoms with Crippen LogP contribution in [0.1, 0.15) is 30.6 Å². The molecule has 0 bridgehead atoms. The Balaban J connectivity index is 2.30. The van der Waals surface area contributed by atoms with Gasteiger partial charge in [-0.25, -0.2) is 9.37 Å². The molecule has 2 rings (SSSR count). The molecule has 2 heterocycles. The molecule has 0 saturated carbocycles. The van der Waals surface area contributed by atoms with Crippen LogP contribution in [0.5, 0.6) is 0 Å². The summed E-state index contributed by atoms with van der Waals surface area (Å²) in [7, 11) is 1.91. The van der Waals surface area contributed by atoms with Gasteiger partial charge in [-0.05, 0) is 24.6 Å². The molecule has 5 heteroatoms. The number of aromatic nitrogens is 3. The second-order valence-electron chi connectivity index (χ2n) is 4.29. The fourth-order valence-corrected chi connectivity index (χ4v) is 1.85. The van der Waals surface area contributed by atoms with Crippen LogP contribution >= 0.6 is 0 Å². The van der Waals surface area contributed by atoms with E-state index >= 15 is 0 Å². The van der Waals surface area contributed by atoms with Crippen molar-refractivity contribution in [2.45, 2.75) is 19.4 Å². The first-order chi connectivity index (χ1) is 8.70. The summed E-state index contributed by atoms with van der Waals surface area (Å²) in [6, 6.07) is 1.38. The van der Waals surface area contributed by atoms with Gasteiger partial charge < -0.3 is 9.88 Å². The Morgan fingerprint density at radius 1 is 1.44 bits per heavy atom. The standard InChI is InChI=1S/C13H17FN4/c1-3-4-16-13(12-8-18(2)9-17-12)10-5-11(14)7-15-6-10/h5-9,13,16H,3-4H2,1-2H3. The predicted octanol–water partition coefficient (Wildman–Crippen LogP) is 2.04. The van der Waals surface area contributed by atoms with E-state index < -0.39 is 0 Å². The lowest BCUT2D eigenvalue weighted by molar-refractivity contribution is 0.573. The van der Waals surface area contributed by atoms with Crippen molar-refractivity contribution < 1.29 is 4.39 Å². The van der Waals surface area contributed by atoms with Gasteiger partial charge in [0.1, 0.15) is 5.82 Å². The first kappa shape index (κ1) is 12.7. The molecule has 0 spiro atoms. The van der Waals surface area contributed by atoms with Crippen LogP contribution in [-0.4, -0.2) is 21.1 Å². The van der Waals surface area contributed by atoms with Crippen LogP contribution in [0.25, 0.3) is 0 Å². The first-order valence-corrected chi connectivity index (χ1v) is 6.02. The topological polar surface area (TPSA) is 42.7 Å². The minimum atomic E-state index is -0.327. The number of nitrogens with one attached hydrogen (secondary N) is 1. The Labute approximate surface area is 106 Å². The molecule has 1 N–H and O–H groups in total. The number of halogens is 1. The summed E-state index contributed by atoms with van der Waals surface area (Å²) in [5, 5.41) is 3.36. The molecular formula is C13H17FN4. The van der Waals surface area contributed by atoms with E-state index in [1.165, 1.54) is 12.3 Å². The third kappa shape index (κ3) is 2.92. The largest absolute Gasteiger partial charge is 0.340 e. The minimum Gasteiger partial charge on any atom is -0.340 e. The zero-order valence-electron chi connectivity index (χ0n) is 10.6. The van der Waals surface area contributed by atoms with Crippen molar-refractivity contribution >= 4 is 0 Å². The van der Waals surface area contributed by atoms with E-state index in [9.17, 15) is 4.39 Å². The lowest BCUT2D eigenvalue weighted by atomic mass is 10.1. The summed E-state index contributed by atoms with van der Waals surface area (Å²) in [5.74, 6) is -0.327. The molecule has 2 aromatic rings. The molecule has 18 heavy (non-hydrogen) atoms. The SMILES string of the molecule is CCCNC(c1cncc(F)c1)c1cn(C)cn1. The highest BCUT2D eigenvalue weighted by Crippen LogP contribution is 2.20. The molecule has 96 valence electrons. The summed E-state index contributed by atoms with van der Waals surface area (Å²) < 4.78 is 15.1. The second-order valence-corrected chi connectivity index (χ2v) is 4.29. The summed E-state index contributed by atoms with van der Waals surface area (Å²) in [6.07, 6.45) is 7.55. The van der Waals surface area contributed by atoms with Crippen LogP contribution in [0.15, 0.2) is 31.0 Å². The van der Waals surface area contributed by atoms with Gasteiger partial charge in [0.05, 0.1) is 24.3 Å². The summed E-state index contributed by atoms with van der Waals surface area (Å²) in [4.78, 5) is 8.22. The van der Waals surface area contributed by atoms with E-state index in [4.69, 9.17) is 0 Å². The fraction of sp³-hybridized carbons (Fsp3) is 0.385. The Kier molecular flexibility index (Phi) is 4.04. The van der Waals surface area contributed by atoms with Gasteiger partial charge >= 0.3 is 0 Å². The van der Waals surface area contributed by atoms with Crippen LogP contribution in [-0.2, 0) is 7.05 Å². The van der Waals surface area contributed by atoms with Crippen molar-refractivity contribution in [3.05, 3.63) is 48.1 Å². The third-order valence-corrected chi connectivity index (χ3v) is 2.68. The number of hydrogen-bond acceptors (Lipinski definition) is 3. The van der Waals surface area contributed by atoms with Gasteiger partial charge in [-0.3, -0.25) is 4.98 Å². The van der Waals surface area contributed by atoms with Crippen LogP contribution in [0.4, 0.5) is 4.39 Å². The average molecular weight is 248 g/mol. The summed E-state index contributed by atoms with van der Waals surface area (Å²) >= 11 is 0. The van der Waals surface area contributed by atoms with E-state index in [1.54, 1.807) is 12.5 Å². The number of imidazole rings is 1. The smallest absolute Gasteiger partial charge is 0.141 e. The van der Waals surface area contributed by atoms with Crippen LogP contribution < -0.4 is 5.32 Å². The lowest BCUT2D eigenvalue weighted by Gasteiger charge is -2.16. The molecule has 0 aromatic carbocycles. The molecule has 0 aliphatic carbocycles. The van der Waals surface area contributed by atoms with E-state index in [1.807, 2.05) is 17.8 Å². The zero-order valence-corrected chi connectivity index (χ0v) is 10.6. The zero-order chi connectivity index (χ0) is 13.0.